The lowest BCUT2D eigenvalue weighted by Crippen LogP contribution is -2.47. The molecule has 106 valence electrons. The molecule has 3 nitrogen and oxygen atoms in total. The van der Waals surface area contributed by atoms with Gasteiger partial charge >= 0.3 is 12.1 Å². The van der Waals surface area contributed by atoms with Gasteiger partial charge in [-0.25, -0.2) is 0 Å². The number of thiophene rings is 1. The number of hydrogen-bond donors (Lipinski definition) is 1. The highest BCUT2D eigenvalue weighted by Crippen LogP contribution is 2.45. The van der Waals surface area contributed by atoms with Crippen LogP contribution in [0.2, 0.25) is 0 Å². The first-order valence-electron chi connectivity index (χ1n) is 5.89. The molecule has 0 radical (unpaired) electrons. The lowest BCUT2D eigenvalue weighted by atomic mass is 9.86. The van der Waals surface area contributed by atoms with E-state index in [2.05, 4.69) is 0 Å². The summed E-state index contributed by atoms with van der Waals surface area (Å²) in [5, 5.41) is 12.8. The number of carboxylic acid groups (broad SMARTS) is 1. The summed E-state index contributed by atoms with van der Waals surface area (Å²) in [6.45, 7) is 0.188. The van der Waals surface area contributed by atoms with Crippen LogP contribution in [0, 0.1) is 5.41 Å². The van der Waals surface area contributed by atoms with Gasteiger partial charge in [-0.2, -0.15) is 24.5 Å². The van der Waals surface area contributed by atoms with E-state index in [4.69, 9.17) is 5.11 Å². The minimum absolute atomic E-state index is 0.177. The number of nitrogens with zero attached hydrogens (tertiary/aromatic N) is 1. The lowest BCUT2D eigenvalue weighted by Gasteiger charge is -2.27. The van der Waals surface area contributed by atoms with Crippen LogP contribution in [-0.2, 0) is 11.2 Å². The maximum absolute atomic E-state index is 12.9. The molecule has 1 saturated heterocycles. The Morgan fingerprint density at radius 1 is 1.53 bits per heavy atom. The number of halogens is 3. The summed E-state index contributed by atoms with van der Waals surface area (Å²) in [5.41, 5.74) is -1.52. The van der Waals surface area contributed by atoms with Gasteiger partial charge < -0.3 is 10.0 Å². The largest absolute Gasteiger partial charge is 0.481 e. The fraction of sp³-hybridized carbons (Fsp3) is 0.583. The summed E-state index contributed by atoms with van der Waals surface area (Å²) in [6, 6.07) is 1.93. The molecule has 0 saturated carbocycles. The van der Waals surface area contributed by atoms with Gasteiger partial charge in [0, 0.05) is 13.1 Å². The van der Waals surface area contributed by atoms with Crippen LogP contribution in [-0.4, -0.2) is 41.8 Å². The van der Waals surface area contributed by atoms with Crippen molar-refractivity contribution >= 4 is 17.3 Å². The molecule has 0 spiro atoms. The highest BCUT2D eigenvalue weighted by Gasteiger charge is 2.63. The molecule has 19 heavy (non-hydrogen) atoms. The third-order valence-electron chi connectivity index (χ3n) is 3.60. The molecule has 1 aliphatic rings. The second kappa shape index (κ2) is 5.13. The molecule has 1 fully saturated rings. The zero-order valence-electron chi connectivity index (χ0n) is 10.1. The summed E-state index contributed by atoms with van der Waals surface area (Å²) in [4.78, 5) is 12.6. The van der Waals surface area contributed by atoms with Crippen LogP contribution >= 0.6 is 11.3 Å². The minimum Gasteiger partial charge on any atom is -0.481 e. The monoisotopic (exact) mass is 293 g/mol. The van der Waals surface area contributed by atoms with Crippen LogP contribution in [0.1, 0.15) is 12.0 Å². The lowest BCUT2D eigenvalue weighted by molar-refractivity contribution is -0.227. The van der Waals surface area contributed by atoms with Crippen LogP contribution in [0.3, 0.4) is 0 Å². The molecule has 1 aromatic rings. The molecule has 1 aliphatic heterocycles. The fourth-order valence-electron chi connectivity index (χ4n) is 2.33. The summed E-state index contributed by atoms with van der Waals surface area (Å²) >= 11 is 1.54. The van der Waals surface area contributed by atoms with Gasteiger partial charge in [-0.3, -0.25) is 4.79 Å². The fourth-order valence-corrected chi connectivity index (χ4v) is 3.03. The predicted octanol–water partition coefficient (Wildman–Crippen LogP) is 2.63. The minimum atomic E-state index is -4.70. The van der Waals surface area contributed by atoms with Crippen molar-refractivity contribution in [1.82, 2.24) is 4.90 Å². The number of likely N-dealkylation sites (tertiary alicyclic amines) is 1. The molecule has 1 atom stereocenters. The summed E-state index contributed by atoms with van der Waals surface area (Å²) in [6.07, 6.45) is -4.41. The van der Waals surface area contributed by atoms with Crippen LogP contribution < -0.4 is 0 Å². The standard InChI is InChI=1S/C12H14F3NO2S/c13-12(14,15)11(10(17)18)3-5-16(8-11)4-1-9-2-6-19-7-9/h2,6-7H,1,3-5,8H2,(H,17,18). The van der Waals surface area contributed by atoms with E-state index in [-0.39, 0.29) is 13.0 Å². The van der Waals surface area contributed by atoms with E-state index < -0.39 is 24.1 Å². The number of rotatable bonds is 4. The number of aliphatic carboxylic acids is 1. The van der Waals surface area contributed by atoms with Crippen molar-refractivity contribution in [3.05, 3.63) is 22.4 Å². The van der Waals surface area contributed by atoms with Gasteiger partial charge in [0.2, 0.25) is 0 Å². The van der Waals surface area contributed by atoms with Gasteiger partial charge in [-0.1, -0.05) is 0 Å². The molecule has 0 aliphatic carbocycles. The van der Waals surface area contributed by atoms with Gasteiger partial charge in [0.1, 0.15) is 0 Å². The van der Waals surface area contributed by atoms with Crippen LogP contribution in [0.25, 0.3) is 0 Å². The Kier molecular flexibility index (Phi) is 3.87. The molecular weight excluding hydrogens is 279 g/mol. The van der Waals surface area contributed by atoms with Crippen molar-refractivity contribution < 1.29 is 23.1 Å². The van der Waals surface area contributed by atoms with Crippen LogP contribution in [0.4, 0.5) is 13.2 Å². The smallest absolute Gasteiger partial charge is 0.406 e. The Morgan fingerprint density at radius 3 is 2.74 bits per heavy atom. The van der Waals surface area contributed by atoms with E-state index in [0.29, 0.717) is 13.0 Å². The molecule has 7 heteroatoms. The molecule has 2 heterocycles. The highest BCUT2D eigenvalue weighted by atomic mass is 32.1. The van der Waals surface area contributed by atoms with E-state index in [1.807, 2.05) is 16.8 Å². The van der Waals surface area contributed by atoms with Crippen molar-refractivity contribution in [2.45, 2.75) is 19.0 Å². The molecule has 0 amide bonds. The van der Waals surface area contributed by atoms with Gasteiger partial charge in [-0.05, 0) is 41.8 Å². The number of carbonyl (C=O) groups is 1. The third kappa shape index (κ3) is 2.76. The molecule has 1 N–H and O–H groups in total. The summed E-state index contributed by atoms with van der Waals surface area (Å²) in [5.74, 6) is -1.77. The molecular formula is C12H14F3NO2S. The van der Waals surface area contributed by atoms with Crippen LogP contribution in [0.15, 0.2) is 16.8 Å². The van der Waals surface area contributed by atoms with Gasteiger partial charge in [0.15, 0.2) is 5.41 Å². The maximum Gasteiger partial charge on any atom is 0.406 e. The summed E-state index contributed by atoms with van der Waals surface area (Å²) in [7, 11) is 0. The Morgan fingerprint density at radius 2 is 2.26 bits per heavy atom. The number of hydrogen-bond acceptors (Lipinski definition) is 3. The normalized spacial score (nSPS) is 24.8. The summed E-state index contributed by atoms with van der Waals surface area (Å²) < 4.78 is 38.8. The molecule has 1 aromatic heterocycles. The molecule has 1 unspecified atom stereocenters. The van der Waals surface area contributed by atoms with E-state index in [1.54, 1.807) is 4.90 Å². The average molecular weight is 293 g/mol. The first-order valence-corrected chi connectivity index (χ1v) is 6.83. The maximum atomic E-state index is 12.9. The first-order chi connectivity index (χ1) is 8.85. The van der Waals surface area contributed by atoms with Crippen molar-refractivity contribution in [2.24, 2.45) is 5.41 Å². The Labute approximate surface area is 112 Å². The topological polar surface area (TPSA) is 40.5 Å². The Bertz CT molecular complexity index is 446. The Balaban J connectivity index is 1.99. The van der Waals surface area contributed by atoms with E-state index >= 15 is 0 Å². The molecule has 2 rings (SSSR count). The third-order valence-corrected chi connectivity index (χ3v) is 4.33. The quantitative estimate of drug-likeness (QED) is 0.927. The Hall–Kier alpha value is -1.08. The highest BCUT2D eigenvalue weighted by molar-refractivity contribution is 7.07. The van der Waals surface area contributed by atoms with E-state index in [9.17, 15) is 18.0 Å². The van der Waals surface area contributed by atoms with E-state index in [0.717, 1.165) is 5.56 Å². The van der Waals surface area contributed by atoms with E-state index in [1.165, 1.54) is 11.3 Å². The second-order valence-electron chi connectivity index (χ2n) is 4.79. The van der Waals surface area contributed by atoms with Crippen molar-refractivity contribution in [2.75, 3.05) is 19.6 Å². The van der Waals surface area contributed by atoms with Crippen molar-refractivity contribution in [3.8, 4) is 0 Å². The predicted molar refractivity (Wildman–Crippen MR) is 65.2 cm³/mol. The van der Waals surface area contributed by atoms with Crippen LogP contribution in [0.5, 0.6) is 0 Å². The van der Waals surface area contributed by atoms with Gasteiger partial charge in [0.25, 0.3) is 0 Å². The van der Waals surface area contributed by atoms with Gasteiger partial charge in [0.05, 0.1) is 0 Å². The number of alkyl halides is 3. The zero-order valence-corrected chi connectivity index (χ0v) is 10.9. The van der Waals surface area contributed by atoms with Crippen molar-refractivity contribution in [3.63, 3.8) is 0 Å². The first kappa shape index (κ1) is 14.3. The second-order valence-corrected chi connectivity index (χ2v) is 5.57. The number of carboxylic acids is 1. The zero-order chi connectivity index (χ0) is 14.1. The SMILES string of the molecule is O=C(O)C1(C(F)(F)F)CCN(CCc2ccsc2)C1. The van der Waals surface area contributed by atoms with Gasteiger partial charge in [-0.15, -0.1) is 0 Å². The van der Waals surface area contributed by atoms with Crippen molar-refractivity contribution in [1.29, 1.82) is 0 Å². The average Bonchev–Trinajstić information content (AvgIpc) is 2.95. The molecule has 0 aromatic carbocycles. The molecule has 0 bridgehead atoms.